The van der Waals surface area contributed by atoms with Crippen LogP contribution in [-0.4, -0.2) is 37.1 Å². The number of para-hydroxylation sites is 1. The number of quaternary nitrogens is 1. The molecule has 2 unspecified atom stereocenters. The van der Waals surface area contributed by atoms with Crippen molar-refractivity contribution in [2.75, 3.05) is 26.7 Å². The second kappa shape index (κ2) is 11.1. The first-order chi connectivity index (χ1) is 11.3. The maximum Gasteiger partial charge on any atom is 0.361 e. The van der Waals surface area contributed by atoms with Crippen molar-refractivity contribution in [2.45, 2.75) is 60.3 Å². The Morgan fingerprint density at radius 1 is 1.00 bits per heavy atom. The summed E-state index contributed by atoms with van der Waals surface area (Å²) in [5.41, 5.74) is 0. The topological polar surface area (TPSA) is 18.5 Å². The van der Waals surface area contributed by atoms with Crippen LogP contribution in [0.25, 0.3) is 0 Å². The van der Waals surface area contributed by atoms with Gasteiger partial charge in [0.2, 0.25) is 0 Å². The van der Waals surface area contributed by atoms with Crippen molar-refractivity contribution in [1.82, 2.24) is 0 Å². The maximum atomic E-state index is 6.59. The van der Waals surface area contributed by atoms with Crippen molar-refractivity contribution in [3.05, 3.63) is 30.3 Å². The molecule has 0 aromatic heterocycles. The molecule has 0 saturated heterocycles. The lowest BCUT2D eigenvalue weighted by molar-refractivity contribution is -1.01. The number of benzene rings is 1. The molecule has 2 atom stereocenters. The van der Waals surface area contributed by atoms with Gasteiger partial charge >= 0.3 is 5.91 Å². The number of rotatable bonds is 11. The highest BCUT2D eigenvalue weighted by atomic mass is 35.5. The van der Waals surface area contributed by atoms with Crippen LogP contribution in [-0.2, 0) is 4.74 Å². The molecule has 1 aromatic rings. The first-order valence-corrected chi connectivity index (χ1v) is 9.51. The molecule has 146 valence electrons. The minimum absolute atomic E-state index is 0. The Morgan fingerprint density at radius 3 is 2.04 bits per heavy atom. The highest BCUT2D eigenvalue weighted by Crippen LogP contribution is 2.35. The minimum Gasteiger partial charge on any atom is -1.00 e. The third-order valence-corrected chi connectivity index (χ3v) is 4.78. The van der Waals surface area contributed by atoms with E-state index in [0.29, 0.717) is 18.4 Å². The highest BCUT2D eigenvalue weighted by Gasteiger charge is 2.51. The van der Waals surface area contributed by atoms with E-state index in [1.165, 1.54) is 0 Å². The summed E-state index contributed by atoms with van der Waals surface area (Å²) in [4.78, 5) is 0. The van der Waals surface area contributed by atoms with E-state index >= 15 is 0 Å². The zero-order valence-corrected chi connectivity index (χ0v) is 18.0. The van der Waals surface area contributed by atoms with E-state index in [4.69, 9.17) is 9.47 Å². The molecule has 25 heavy (non-hydrogen) atoms. The molecule has 0 aliphatic rings. The quantitative estimate of drug-likeness (QED) is 0.439. The Morgan fingerprint density at radius 2 is 1.60 bits per heavy atom. The molecule has 0 heterocycles. The zero-order valence-electron chi connectivity index (χ0n) is 17.2. The summed E-state index contributed by atoms with van der Waals surface area (Å²) >= 11 is 0. The first-order valence-electron chi connectivity index (χ1n) is 9.51. The van der Waals surface area contributed by atoms with Gasteiger partial charge in [-0.25, -0.2) is 0 Å². The predicted octanol–water partition coefficient (Wildman–Crippen LogP) is 2.32. The van der Waals surface area contributed by atoms with Crippen LogP contribution in [0.5, 0.6) is 5.75 Å². The number of nitrogens with zero attached hydrogens (tertiary/aromatic N) is 1. The van der Waals surface area contributed by atoms with Crippen molar-refractivity contribution >= 4 is 0 Å². The lowest BCUT2D eigenvalue weighted by atomic mass is 10.0. The van der Waals surface area contributed by atoms with Crippen LogP contribution in [0.15, 0.2) is 30.3 Å². The fourth-order valence-electron chi connectivity index (χ4n) is 3.14. The third-order valence-electron chi connectivity index (χ3n) is 4.78. The van der Waals surface area contributed by atoms with Gasteiger partial charge in [-0.2, -0.15) is 0 Å². The maximum absolute atomic E-state index is 6.59. The van der Waals surface area contributed by atoms with Crippen LogP contribution in [0.1, 0.15) is 54.4 Å². The van der Waals surface area contributed by atoms with E-state index < -0.39 is 5.91 Å². The number of hydrogen-bond acceptors (Lipinski definition) is 2. The smallest absolute Gasteiger partial charge is 0.361 e. The Labute approximate surface area is 161 Å². The van der Waals surface area contributed by atoms with Crippen molar-refractivity contribution < 1.29 is 26.4 Å². The second-order valence-electron chi connectivity index (χ2n) is 7.78. The van der Waals surface area contributed by atoms with Gasteiger partial charge in [0.25, 0.3) is 0 Å². The molecule has 0 saturated carbocycles. The number of ether oxygens (including phenoxy) is 2. The molecule has 0 N–H and O–H groups in total. The zero-order chi connectivity index (χ0) is 18.2. The molecule has 0 radical (unpaired) electrons. The molecule has 1 rings (SSSR count). The average molecular weight is 372 g/mol. The van der Waals surface area contributed by atoms with Crippen molar-refractivity contribution in [3.63, 3.8) is 0 Å². The molecule has 0 fully saturated rings. The van der Waals surface area contributed by atoms with E-state index in [1.54, 1.807) is 0 Å². The number of halogens is 1. The fourth-order valence-corrected chi connectivity index (χ4v) is 3.14. The second-order valence-corrected chi connectivity index (χ2v) is 7.78. The summed E-state index contributed by atoms with van der Waals surface area (Å²) < 4.78 is 13.7. The Kier molecular flexibility index (Phi) is 10.7. The Bertz CT molecular complexity index is 466. The van der Waals surface area contributed by atoms with Crippen molar-refractivity contribution in [2.24, 2.45) is 11.8 Å². The van der Waals surface area contributed by atoms with Gasteiger partial charge in [-0.1, -0.05) is 45.9 Å². The minimum atomic E-state index is -0.645. The van der Waals surface area contributed by atoms with Gasteiger partial charge in [0, 0.05) is 0 Å². The number of hydrogen-bond donors (Lipinski definition) is 0. The first kappa shape index (κ1) is 24.2. The monoisotopic (exact) mass is 371 g/mol. The normalized spacial score (nSPS) is 16.2. The Hall–Kier alpha value is -0.770. The summed E-state index contributed by atoms with van der Waals surface area (Å²) in [5, 5.41) is 0. The van der Waals surface area contributed by atoms with Crippen LogP contribution in [0.3, 0.4) is 0 Å². The molecule has 0 spiro atoms. The van der Waals surface area contributed by atoms with E-state index in [0.717, 1.165) is 36.2 Å². The van der Waals surface area contributed by atoms with Crippen molar-refractivity contribution in [3.8, 4) is 5.75 Å². The molecular formula is C21H38ClNO2. The van der Waals surface area contributed by atoms with Crippen LogP contribution < -0.4 is 17.1 Å². The molecular weight excluding hydrogens is 334 g/mol. The summed E-state index contributed by atoms with van der Waals surface area (Å²) in [6.07, 6.45) is 2.04. The molecule has 0 aliphatic heterocycles. The van der Waals surface area contributed by atoms with Gasteiger partial charge in [-0.15, -0.1) is 0 Å². The molecule has 0 aliphatic carbocycles. The predicted molar refractivity (Wildman–Crippen MR) is 102 cm³/mol. The lowest BCUT2D eigenvalue weighted by Crippen LogP contribution is -3.00. The van der Waals surface area contributed by atoms with Gasteiger partial charge in [-0.05, 0) is 44.2 Å². The van der Waals surface area contributed by atoms with Crippen LogP contribution in [0, 0.1) is 11.8 Å². The Balaban J connectivity index is 0.00000576. The molecule has 0 bridgehead atoms. The fraction of sp³-hybridized carbons (Fsp3) is 0.714. The van der Waals surface area contributed by atoms with Crippen LogP contribution in [0.2, 0.25) is 0 Å². The van der Waals surface area contributed by atoms with E-state index in [2.05, 4.69) is 48.6 Å². The van der Waals surface area contributed by atoms with Gasteiger partial charge < -0.3 is 17.1 Å². The van der Waals surface area contributed by atoms with Gasteiger partial charge in [0.15, 0.2) is 0 Å². The van der Waals surface area contributed by atoms with E-state index in [1.807, 2.05) is 30.3 Å². The van der Waals surface area contributed by atoms with Gasteiger partial charge in [0.05, 0.1) is 33.2 Å². The average Bonchev–Trinajstić information content (AvgIpc) is 2.53. The summed E-state index contributed by atoms with van der Waals surface area (Å²) in [6.45, 7) is 16.0. The molecule has 0 amide bonds. The van der Waals surface area contributed by atoms with Crippen LogP contribution in [0.4, 0.5) is 0 Å². The molecule has 1 aromatic carbocycles. The third kappa shape index (κ3) is 6.80. The summed E-state index contributed by atoms with van der Waals surface area (Å²) in [6, 6.07) is 10.1. The molecule has 4 heteroatoms. The molecule has 3 nitrogen and oxygen atoms in total. The van der Waals surface area contributed by atoms with Crippen LogP contribution >= 0.6 is 0 Å². The largest absolute Gasteiger partial charge is 1.00 e. The summed E-state index contributed by atoms with van der Waals surface area (Å²) in [7, 11) is 2.28. The van der Waals surface area contributed by atoms with Gasteiger partial charge in [-0.3, -0.25) is 9.22 Å². The van der Waals surface area contributed by atoms with E-state index in [-0.39, 0.29) is 12.4 Å². The highest BCUT2D eigenvalue weighted by molar-refractivity contribution is 5.21. The summed E-state index contributed by atoms with van der Waals surface area (Å²) in [5.74, 6) is 1.40. The van der Waals surface area contributed by atoms with E-state index in [9.17, 15) is 0 Å². The van der Waals surface area contributed by atoms with Crippen molar-refractivity contribution in [1.29, 1.82) is 0 Å². The van der Waals surface area contributed by atoms with Gasteiger partial charge in [0.1, 0.15) is 5.75 Å². The standard InChI is InChI=1S/C21H38NO2.ClH/c1-8-22(7,16-15-18(3)4)21(23-9-2,17-19(5)6)24-20-13-11-10-12-14-20;/h10-14,18-19H,8-9,15-17H2,1-7H3;1H/q+1;/p-1. The SMILES string of the molecule is CCOC(CC(C)C)(Oc1ccccc1)[N+](C)(CC)CCC(C)C.[Cl-]. The lowest BCUT2D eigenvalue weighted by Gasteiger charge is -2.49.